The van der Waals surface area contributed by atoms with Gasteiger partial charge in [-0.1, -0.05) is 48.4 Å². The topological polar surface area (TPSA) is 97.0 Å². The quantitative estimate of drug-likeness (QED) is 0.445. The SMILES string of the molecule is Cc1ccc(C#CC(=O)N(C)[C@@H]2CC[C@@]3(O)[C@H]4Cc5ccc(O)c6c5[C@@]3(CC(C#N)N4CCc3ccccc3)[C@H]2O6)cc1C. The smallest absolute Gasteiger partial charge is 0.298 e. The van der Waals surface area contributed by atoms with E-state index in [4.69, 9.17) is 4.74 Å². The molecule has 7 rings (SSSR count). The van der Waals surface area contributed by atoms with Crippen molar-refractivity contribution in [3.05, 3.63) is 94.0 Å². The second kappa shape index (κ2) is 10.4. The van der Waals surface area contributed by atoms with Crippen molar-refractivity contribution in [1.29, 1.82) is 5.26 Å². The molecule has 6 atom stereocenters. The molecule has 2 fully saturated rings. The van der Waals surface area contributed by atoms with Crippen molar-refractivity contribution < 1.29 is 19.7 Å². The van der Waals surface area contributed by atoms with Crippen LogP contribution in [-0.2, 0) is 23.1 Å². The number of aromatic hydroxyl groups is 1. The number of nitrogens with zero attached hydrogens (tertiary/aromatic N) is 3. The minimum atomic E-state index is -1.20. The van der Waals surface area contributed by atoms with E-state index in [-0.39, 0.29) is 17.7 Å². The largest absolute Gasteiger partial charge is 0.504 e. The van der Waals surface area contributed by atoms with E-state index in [0.29, 0.717) is 38.0 Å². The summed E-state index contributed by atoms with van der Waals surface area (Å²) in [5.41, 5.74) is 3.96. The zero-order valence-electron chi connectivity index (χ0n) is 25.4. The lowest BCUT2D eigenvalue weighted by Gasteiger charge is -2.65. The van der Waals surface area contributed by atoms with Gasteiger partial charge in [0, 0.05) is 36.7 Å². The van der Waals surface area contributed by atoms with Gasteiger partial charge in [-0.25, -0.2) is 0 Å². The Kier molecular flexibility index (Phi) is 6.73. The van der Waals surface area contributed by atoms with E-state index in [1.807, 2.05) is 56.3 Å². The summed E-state index contributed by atoms with van der Waals surface area (Å²) >= 11 is 0. The molecule has 0 radical (unpaired) electrons. The fraction of sp³-hybridized carbons (Fsp3) is 0.405. The number of phenols is 1. The number of amides is 1. The number of benzene rings is 3. The zero-order chi connectivity index (χ0) is 30.8. The molecule has 4 aliphatic rings. The van der Waals surface area contributed by atoms with Gasteiger partial charge in [-0.15, -0.1) is 0 Å². The standard InChI is InChI=1S/C37H37N3O4/c1-23-9-10-26(19-24(23)2)11-14-32(42)39(3)29-15-17-37(43)31-20-27-12-13-30(41)34-33(27)36(37,35(29)44-34)21-28(22-38)40(31)18-16-25-7-5-4-6-8-25/h4-10,12-13,19,28-29,31,35,41,43H,15-18,20-21H2,1-3H3/t28?,29-,31-,35+,36+,37-/m1/s1. The van der Waals surface area contributed by atoms with E-state index in [0.717, 1.165) is 28.7 Å². The molecule has 2 aliphatic carbocycles. The number of aryl methyl sites for hydroxylation is 2. The molecule has 3 aromatic rings. The van der Waals surface area contributed by atoms with E-state index in [9.17, 15) is 20.3 Å². The summed E-state index contributed by atoms with van der Waals surface area (Å²) in [6.45, 7) is 4.71. The molecule has 2 heterocycles. The van der Waals surface area contributed by atoms with Gasteiger partial charge >= 0.3 is 0 Å². The Labute approximate surface area is 258 Å². The second-order valence-corrected chi connectivity index (χ2v) is 13.0. The van der Waals surface area contributed by atoms with Gasteiger partial charge in [-0.3, -0.25) is 9.69 Å². The lowest BCUT2D eigenvalue weighted by molar-refractivity contribution is -0.206. The number of rotatable bonds is 4. The van der Waals surface area contributed by atoms with Gasteiger partial charge in [0.15, 0.2) is 11.5 Å². The summed E-state index contributed by atoms with van der Waals surface area (Å²) < 4.78 is 6.63. The predicted octanol–water partition coefficient (Wildman–Crippen LogP) is 4.18. The molecule has 1 spiro atoms. The first-order valence-corrected chi connectivity index (χ1v) is 15.5. The first kappa shape index (κ1) is 28.5. The first-order valence-electron chi connectivity index (χ1n) is 15.5. The Morgan fingerprint density at radius 2 is 1.93 bits per heavy atom. The molecule has 2 aliphatic heterocycles. The number of likely N-dealkylation sites (tertiary alicyclic amines) is 1. The van der Waals surface area contributed by atoms with Crippen LogP contribution < -0.4 is 4.74 Å². The van der Waals surface area contributed by atoms with E-state index in [1.165, 1.54) is 11.1 Å². The van der Waals surface area contributed by atoms with Gasteiger partial charge in [0.25, 0.3) is 5.91 Å². The number of ether oxygens (including phenoxy) is 1. The molecular formula is C37H37N3O4. The molecule has 44 heavy (non-hydrogen) atoms. The van der Waals surface area contributed by atoms with Crippen LogP contribution in [-0.4, -0.2) is 69.3 Å². The van der Waals surface area contributed by atoms with Gasteiger partial charge in [0.2, 0.25) is 0 Å². The number of carbonyl (C=O) groups is 1. The predicted molar refractivity (Wildman–Crippen MR) is 166 cm³/mol. The Morgan fingerprint density at radius 3 is 2.68 bits per heavy atom. The highest BCUT2D eigenvalue weighted by Gasteiger charge is 2.74. The van der Waals surface area contributed by atoms with Crippen molar-refractivity contribution >= 4 is 5.91 Å². The van der Waals surface area contributed by atoms with E-state index < -0.39 is 29.2 Å². The number of carbonyl (C=O) groups excluding carboxylic acids is 1. The summed E-state index contributed by atoms with van der Waals surface area (Å²) in [6.07, 6.45) is 2.01. The van der Waals surface area contributed by atoms with Gasteiger partial charge < -0.3 is 19.8 Å². The molecule has 224 valence electrons. The van der Waals surface area contributed by atoms with Gasteiger partial charge in [-0.05, 0) is 86.4 Å². The molecule has 7 heteroatoms. The van der Waals surface area contributed by atoms with Crippen LogP contribution in [0, 0.1) is 37.0 Å². The second-order valence-electron chi connectivity index (χ2n) is 13.0. The Balaban J connectivity index is 1.26. The normalized spacial score (nSPS) is 29.4. The molecule has 1 saturated heterocycles. The minimum Gasteiger partial charge on any atom is -0.504 e. The number of hydrogen-bond acceptors (Lipinski definition) is 6. The van der Waals surface area contributed by atoms with Crippen molar-refractivity contribution in [2.24, 2.45) is 0 Å². The van der Waals surface area contributed by atoms with Gasteiger partial charge in [0.05, 0.1) is 29.2 Å². The van der Waals surface area contributed by atoms with Crippen LogP contribution in [0.5, 0.6) is 11.5 Å². The Hall–Kier alpha value is -4.30. The zero-order valence-corrected chi connectivity index (χ0v) is 25.4. The van der Waals surface area contributed by atoms with Crippen molar-refractivity contribution in [1.82, 2.24) is 9.80 Å². The molecule has 1 saturated carbocycles. The highest BCUT2D eigenvalue weighted by Crippen LogP contribution is 2.66. The lowest BCUT2D eigenvalue weighted by atomic mass is 9.47. The monoisotopic (exact) mass is 587 g/mol. The molecular weight excluding hydrogens is 550 g/mol. The van der Waals surface area contributed by atoms with Crippen molar-refractivity contribution in [3.8, 4) is 29.4 Å². The summed E-state index contributed by atoms with van der Waals surface area (Å²) in [6, 6.07) is 21.1. The van der Waals surface area contributed by atoms with Gasteiger partial charge in [-0.2, -0.15) is 5.26 Å². The number of likely N-dealkylation sites (N-methyl/N-ethyl adjacent to an activating group) is 1. The first-order chi connectivity index (χ1) is 21.2. The van der Waals surface area contributed by atoms with Crippen LogP contribution in [0.1, 0.15) is 52.6 Å². The van der Waals surface area contributed by atoms with Crippen molar-refractivity contribution in [3.63, 3.8) is 0 Å². The molecule has 2 N–H and O–H groups in total. The molecule has 2 bridgehead atoms. The van der Waals surface area contributed by atoms with Crippen LogP contribution in [0.4, 0.5) is 0 Å². The van der Waals surface area contributed by atoms with Gasteiger partial charge in [0.1, 0.15) is 6.10 Å². The average Bonchev–Trinajstić information content (AvgIpc) is 3.38. The molecule has 0 aromatic heterocycles. The molecule has 3 aromatic carbocycles. The fourth-order valence-electron chi connectivity index (χ4n) is 8.55. The molecule has 7 nitrogen and oxygen atoms in total. The number of piperidine rings is 1. The van der Waals surface area contributed by atoms with Crippen molar-refractivity contribution in [2.75, 3.05) is 13.6 Å². The van der Waals surface area contributed by atoms with E-state index >= 15 is 0 Å². The number of nitriles is 1. The Bertz CT molecular complexity index is 1750. The third-order valence-electron chi connectivity index (χ3n) is 10.9. The summed E-state index contributed by atoms with van der Waals surface area (Å²) in [4.78, 5) is 17.4. The minimum absolute atomic E-state index is 0.0237. The van der Waals surface area contributed by atoms with Crippen LogP contribution in [0.2, 0.25) is 0 Å². The van der Waals surface area contributed by atoms with Crippen LogP contribution >= 0.6 is 0 Å². The maximum Gasteiger partial charge on any atom is 0.298 e. The maximum atomic E-state index is 13.5. The number of hydrogen-bond donors (Lipinski definition) is 2. The summed E-state index contributed by atoms with van der Waals surface area (Å²) in [7, 11) is 1.74. The molecule has 1 unspecified atom stereocenters. The van der Waals surface area contributed by atoms with Crippen molar-refractivity contribution in [2.45, 2.75) is 81.2 Å². The van der Waals surface area contributed by atoms with Crippen LogP contribution in [0.25, 0.3) is 0 Å². The number of aliphatic hydroxyl groups is 1. The molecule has 1 amide bonds. The van der Waals surface area contributed by atoms with E-state index in [1.54, 1.807) is 18.0 Å². The van der Waals surface area contributed by atoms with Crippen LogP contribution in [0.15, 0.2) is 60.7 Å². The van der Waals surface area contributed by atoms with E-state index in [2.05, 4.69) is 34.9 Å². The summed E-state index contributed by atoms with van der Waals surface area (Å²) in [5, 5.41) is 34.4. The third kappa shape index (κ3) is 4.07. The highest BCUT2D eigenvalue weighted by molar-refractivity contribution is 5.94. The van der Waals surface area contributed by atoms with Crippen LogP contribution in [0.3, 0.4) is 0 Å². The Morgan fingerprint density at radius 1 is 1.14 bits per heavy atom. The lowest BCUT2D eigenvalue weighted by Crippen LogP contribution is -2.79. The fourth-order valence-corrected chi connectivity index (χ4v) is 8.55. The number of phenolic OH excluding ortho intramolecular Hbond substituents is 1. The third-order valence-corrected chi connectivity index (χ3v) is 10.9. The highest BCUT2D eigenvalue weighted by atomic mass is 16.5. The maximum absolute atomic E-state index is 13.5. The average molecular weight is 588 g/mol. The summed E-state index contributed by atoms with van der Waals surface area (Å²) in [5.74, 6) is 5.92.